The minimum atomic E-state index is -3.56. The third-order valence-electron chi connectivity index (χ3n) is 3.29. The zero-order valence-electron chi connectivity index (χ0n) is 12.7. The van der Waals surface area contributed by atoms with Crippen molar-refractivity contribution in [1.29, 1.82) is 0 Å². The molecule has 0 radical (unpaired) electrons. The Labute approximate surface area is 130 Å². The molecule has 0 bridgehead atoms. The van der Waals surface area contributed by atoms with Gasteiger partial charge in [-0.05, 0) is 36.8 Å². The van der Waals surface area contributed by atoms with Crippen LogP contribution >= 0.6 is 0 Å². The fraction of sp³-hybridized carbons (Fsp3) is 0.250. The van der Waals surface area contributed by atoms with Gasteiger partial charge in [-0.25, -0.2) is 13.1 Å². The Morgan fingerprint density at radius 3 is 2.18 bits per heavy atom. The van der Waals surface area contributed by atoms with E-state index in [-0.39, 0.29) is 4.90 Å². The van der Waals surface area contributed by atoms with E-state index < -0.39 is 16.1 Å². The van der Waals surface area contributed by atoms with Crippen molar-refractivity contribution in [1.82, 2.24) is 4.72 Å². The van der Waals surface area contributed by atoms with E-state index in [9.17, 15) is 8.42 Å². The number of hydrogen-bond donors (Lipinski definition) is 1. The zero-order chi connectivity index (χ0) is 16.2. The standard InChI is InChI=1S/C16H19NO4S/c1-12(13-9-10-15(20-2)16(11-13)21-3)17-22(18,19)14-7-5-4-6-8-14/h4-12,17H,1-3H3. The van der Waals surface area contributed by atoms with Crippen molar-refractivity contribution in [3.05, 3.63) is 54.1 Å². The average Bonchev–Trinajstić information content (AvgIpc) is 2.54. The molecule has 0 saturated heterocycles. The first-order valence-corrected chi connectivity index (χ1v) is 8.25. The normalized spacial score (nSPS) is 12.7. The van der Waals surface area contributed by atoms with Gasteiger partial charge in [-0.1, -0.05) is 24.3 Å². The van der Waals surface area contributed by atoms with Crippen LogP contribution in [0.25, 0.3) is 0 Å². The maximum absolute atomic E-state index is 12.3. The minimum Gasteiger partial charge on any atom is -0.493 e. The number of methoxy groups -OCH3 is 2. The van der Waals surface area contributed by atoms with Crippen LogP contribution < -0.4 is 14.2 Å². The second kappa shape index (κ2) is 6.81. The molecule has 0 saturated carbocycles. The summed E-state index contributed by atoms with van der Waals surface area (Å²) in [5.74, 6) is 1.16. The van der Waals surface area contributed by atoms with Crippen molar-refractivity contribution >= 4 is 10.0 Å². The Kier molecular flexibility index (Phi) is 5.05. The molecule has 0 amide bonds. The summed E-state index contributed by atoms with van der Waals surface area (Å²) < 4.78 is 37.7. The van der Waals surface area contributed by atoms with E-state index in [1.165, 1.54) is 0 Å². The van der Waals surface area contributed by atoms with Crippen molar-refractivity contribution in [3.8, 4) is 11.5 Å². The predicted octanol–water partition coefficient (Wildman–Crippen LogP) is 2.74. The van der Waals surface area contributed by atoms with Crippen LogP contribution in [-0.4, -0.2) is 22.6 Å². The third-order valence-corrected chi connectivity index (χ3v) is 4.85. The van der Waals surface area contributed by atoms with Gasteiger partial charge in [0.15, 0.2) is 11.5 Å². The summed E-state index contributed by atoms with van der Waals surface area (Å²) in [6.07, 6.45) is 0. The molecule has 0 aliphatic rings. The van der Waals surface area contributed by atoms with Crippen molar-refractivity contribution < 1.29 is 17.9 Å². The summed E-state index contributed by atoms with van der Waals surface area (Å²) in [7, 11) is -0.468. The molecule has 0 heterocycles. The first kappa shape index (κ1) is 16.3. The zero-order valence-corrected chi connectivity index (χ0v) is 13.6. The first-order chi connectivity index (χ1) is 10.5. The molecule has 1 unspecified atom stereocenters. The monoisotopic (exact) mass is 321 g/mol. The number of sulfonamides is 1. The molecule has 5 nitrogen and oxygen atoms in total. The molecule has 0 aliphatic heterocycles. The minimum absolute atomic E-state index is 0.238. The number of hydrogen-bond acceptors (Lipinski definition) is 4. The highest BCUT2D eigenvalue weighted by Gasteiger charge is 2.19. The molecule has 1 N–H and O–H groups in total. The summed E-state index contributed by atoms with van der Waals surface area (Å²) in [6, 6.07) is 13.2. The van der Waals surface area contributed by atoms with Gasteiger partial charge in [-0.15, -0.1) is 0 Å². The van der Waals surface area contributed by atoms with Gasteiger partial charge >= 0.3 is 0 Å². The fourth-order valence-corrected chi connectivity index (χ4v) is 3.34. The molecule has 0 aromatic heterocycles. The van der Waals surface area contributed by atoms with Crippen molar-refractivity contribution in [2.45, 2.75) is 17.9 Å². The Hall–Kier alpha value is -2.05. The van der Waals surface area contributed by atoms with Crippen molar-refractivity contribution in [2.75, 3.05) is 14.2 Å². The van der Waals surface area contributed by atoms with E-state index in [0.717, 1.165) is 5.56 Å². The summed E-state index contributed by atoms with van der Waals surface area (Å²) in [4.78, 5) is 0.238. The Morgan fingerprint density at radius 1 is 0.955 bits per heavy atom. The van der Waals surface area contributed by atoms with Gasteiger partial charge in [-0.3, -0.25) is 0 Å². The van der Waals surface area contributed by atoms with Crippen LogP contribution in [0.4, 0.5) is 0 Å². The maximum atomic E-state index is 12.3. The van der Waals surface area contributed by atoms with Gasteiger partial charge in [0, 0.05) is 6.04 Å². The highest BCUT2D eigenvalue weighted by atomic mass is 32.2. The second-order valence-corrected chi connectivity index (χ2v) is 6.48. The fourth-order valence-electron chi connectivity index (χ4n) is 2.09. The van der Waals surface area contributed by atoms with Crippen LogP contribution in [0.3, 0.4) is 0 Å². The van der Waals surface area contributed by atoms with Gasteiger partial charge < -0.3 is 9.47 Å². The van der Waals surface area contributed by atoms with Crippen LogP contribution in [0.2, 0.25) is 0 Å². The van der Waals surface area contributed by atoms with E-state index in [2.05, 4.69) is 4.72 Å². The smallest absolute Gasteiger partial charge is 0.241 e. The van der Waals surface area contributed by atoms with Crippen LogP contribution in [-0.2, 0) is 10.0 Å². The molecular weight excluding hydrogens is 302 g/mol. The highest BCUT2D eigenvalue weighted by molar-refractivity contribution is 7.89. The number of benzene rings is 2. The second-order valence-electron chi connectivity index (χ2n) is 4.77. The first-order valence-electron chi connectivity index (χ1n) is 6.77. The van der Waals surface area contributed by atoms with Gasteiger partial charge in [0.2, 0.25) is 10.0 Å². The molecule has 1 atom stereocenters. The molecule has 6 heteroatoms. The molecule has 118 valence electrons. The maximum Gasteiger partial charge on any atom is 0.241 e. The van der Waals surface area contributed by atoms with Crippen LogP contribution in [0, 0.1) is 0 Å². The average molecular weight is 321 g/mol. The SMILES string of the molecule is COc1ccc(C(C)NS(=O)(=O)c2ccccc2)cc1OC. The van der Waals surface area contributed by atoms with E-state index in [1.807, 2.05) is 0 Å². The largest absolute Gasteiger partial charge is 0.493 e. The Morgan fingerprint density at radius 2 is 1.59 bits per heavy atom. The summed E-state index contributed by atoms with van der Waals surface area (Å²) in [5, 5.41) is 0. The predicted molar refractivity (Wildman–Crippen MR) is 84.7 cm³/mol. The molecule has 22 heavy (non-hydrogen) atoms. The Bertz CT molecular complexity index is 729. The third kappa shape index (κ3) is 3.58. The molecular formula is C16H19NO4S. The Balaban J connectivity index is 2.24. The topological polar surface area (TPSA) is 64.6 Å². The van der Waals surface area contributed by atoms with E-state index in [1.54, 1.807) is 69.7 Å². The van der Waals surface area contributed by atoms with Gasteiger partial charge in [0.05, 0.1) is 19.1 Å². The molecule has 2 rings (SSSR count). The molecule has 2 aromatic rings. The van der Waals surface area contributed by atoms with Crippen LogP contribution in [0.15, 0.2) is 53.4 Å². The lowest BCUT2D eigenvalue weighted by molar-refractivity contribution is 0.354. The van der Waals surface area contributed by atoms with E-state index >= 15 is 0 Å². The van der Waals surface area contributed by atoms with E-state index in [0.29, 0.717) is 11.5 Å². The highest BCUT2D eigenvalue weighted by Crippen LogP contribution is 2.30. The lowest BCUT2D eigenvalue weighted by Crippen LogP contribution is -2.26. The van der Waals surface area contributed by atoms with Gasteiger partial charge in [-0.2, -0.15) is 0 Å². The van der Waals surface area contributed by atoms with Crippen LogP contribution in [0.5, 0.6) is 11.5 Å². The molecule has 0 fully saturated rings. The summed E-state index contributed by atoms with van der Waals surface area (Å²) in [6.45, 7) is 1.78. The van der Waals surface area contributed by atoms with Gasteiger partial charge in [0.25, 0.3) is 0 Å². The number of rotatable bonds is 6. The van der Waals surface area contributed by atoms with Crippen LogP contribution in [0.1, 0.15) is 18.5 Å². The number of nitrogens with one attached hydrogen (secondary N) is 1. The van der Waals surface area contributed by atoms with Crippen molar-refractivity contribution in [3.63, 3.8) is 0 Å². The lowest BCUT2D eigenvalue weighted by Gasteiger charge is -2.16. The lowest BCUT2D eigenvalue weighted by atomic mass is 10.1. The molecule has 0 spiro atoms. The van der Waals surface area contributed by atoms with Crippen molar-refractivity contribution in [2.24, 2.45) is 0 Å². The van der Waals surface area contributed by atoms with E-state index in [4.69, 9.17) is 9.47 Å². The molecule has 2 aromatic carbocycles. The summed E-state index contributed by atoms with van der Waals surface area (Å²) in [5.41, 5.74) is 0.789. The molecule has 0 aliphatic carbocycles. The quantitative estimate of drug-likeness (QED) is 0.888. The summed E-state index contributed by atoms with van der Waals surface area (Å²) >= 11 is 0. The van der Waals surface area contributed by atoms with Gasteiger partial charge in [0.1, 0.15) is 0 Å². The number of ether oxygens (including phenoxy) is 2.